The predicted molar refractivity (Wildman–Crippen MR) is 156 cm³/mol. The number of amides is 1. The van der Waals surface area contributed by atoms with Gasteiger partial charge in [0.25, 0.3) is 0 Å². The number of benzene rings is 2. The van der Waals surface area contributed by atoms with E-state index in [9.17, 15) is 26.6 Å². The number of hydrogen-bond acceptors (Lipinski definition) is 4. The number of rotatable bonds is 11. The molecule has 4 rings (SSSR count). The van der Waals surface area contributed by atoms with Crippen LogP contribution in [0.5, 0.6) is 0 Å². The Morgan fingerprint density at radius 2 is 1.98 bits per heavy atom. The molecule has 14 heteroatoms. The summed E-state index contributed by atoms with van der Waals surface area (Å²) in [5.41, 5.74) is -0.413. The van der Waals surface area contributed by atoms with Crippen LogP contribution in [-0.2, 0) is 35.4 Å². The number of carbonyl (C=O) groups excluding carboxylic acids is 1. The second-order valence-corrected chi connectivity index (χ2v) is 12.3. The van der Waals surface area contributed by atoms with Gasteiger partial charge in [0.05, 0.1) is 16.0 Å². The van der Waals surface area contributed by atoms with E-state index in [1.807, 2.05) is 11.2 Å². The van der Waals surface area contributed by atoms with E-state index >= 15 is 4.39 Å². The van der Waals surface area contributed by atoms with Gasteiger partial charge < -0.3 is 10.6 Å². The van der Waals surface area contributed by atoms with E-state index in [1.54, 1.807) is 6.07 Å². The number of hydrogen-bond donors (Lipinski definition) is 2. The lowest BCUT2D eigenvalue weighted by molar-refractivity contribution is -0.141. The molecular weight excluding hydrogens is 613 g/mol. The third-order valence-electron chi connectivity index (χ3n) is 7.36. The van der Waals surface area contributed by atoms with Crippen molar-refractivity contribution in [1.29, 1.82) is 0 Å². The van der Waals surface area contributed by atoms with Crippen LogP contribution in [0.1, 0.15) is 54.6 Å². The van der Waals surface area contributed by atoms with E-state index in [1.165, 1.54) is 31.3 Å². The summed E-state index contributed by atoms with van der Waals surface area (Å²) in [6.07, 6.45) is -3.61. The molecule has 2 heterocycles. The van der Waals surface area contributed by atoms with E-state index in [2.05, 4.69) is 15.7 Å². The molecule has 0 radical (unpaired) electrons. The number of halogens is 6. The molecule has 2 N–H and O–H groups in total. The summed E-state index contributed by atoms with van der Waals surface area (Å²) in [5, 5.41) is 9.35. The number of piperazine rings is 1. The first kappa shape index (κ1) is 33.0. The topological polar surface area (TPSA) is 79.3 Å². The first-order valence-corrected chi connectivity index (χ1v) is 15.5. The lowest BCUT2D eigenvalue weighted by atomic mass is 9.91. The number of nitrogens with zero attached hydrogens (tertiary/aromatic N) is 3. The molecule has 1 aliphatic heterocycles. The Bertz CT molecular complexity index is 1470. The number of anilines is 1. The van der Waals surface area contributed by atoms with Crippen LogP contribution in [0.4, 0.5) is 27.6 Å². The second kappa shape index (κ2) is 14.3. The third-order valence-corrected chi connectivity index (χ3v) is 9.42. The molecule has 0 spiro atoms. The average Bonchev–Trinajstić information content (AvgIpc) is 3.35. The molecule has 1 fully saturated rings. The second-order valence-electron chi connectivity index (χ2n) is 10.4. The molecule has 3 unspecified atom stereocenters. The molecule has 1 saturated heterocycles. The lowest BCUT2D eigenvalue weighted by Gasteiger charge is -2.35. The quantitative estimate of drug-likeness (QED) is 0.258. The molecule has 43 heavy (non-hydrogen) atoms. The van der Waals surface area contributed by atoms with Gasteiger partial charge in [0.1, 0.15) is 11.6 Å². The molecule has 1 aromatic heterocycles. The smallest absolute Gasteiger partial charge is 0.326 e. The van der Waals surface area contributed by atoms with Gasteiger partial charge in [-0.3, -0.25) is 9.48 Å². The SMILES string of the molecule is CCCS(=O)N1CCNCC1CCc1c(F)cccc1NC(=O)CC(c1ccc(Cl)c(F)c1)c1cc(C(F)(F)F)nn1C. The number of carbonyl (C=O) groups is 1. The minimum atomic E-state index is -4.73. The van der Waals surface area contributed by atoms with Gasteiger partial charge in [-0.2, -0.15) is 18.3 Å². The van der Waals surface area contributed by atoms with Gasteiger partial charge in [-0.25, -0.2) is 17.3 Å². The van der Waals surface area contributed by atoms with Crippen molar-refractivity contribution in [2.45, 2.75) is 50.7 Å². The summed E-state index contributed by atoms with van der Waals surface area (Å²) in [4.78, 5) is 13.4. The number of alkyl halides is 3. The van der Waals surface area contributed by atoms with E-state index in [4.69, 9.17) is 11.6 Å². The van der Waals surface area contributed by atoms with Crippen LogP contribution in [0.3, 0.4) is 0 Å². The van der Waals surface area contributed by atoms with Crippen LogP contribution in [0.2, 0.25) is 5.02 Å². The third kappa shape index (κ3) is 8.20. The molecule has 3 aromatic rings. The van der Waals surface area contributed by atoms with Gasteiger partial charge >= 0.3 is 6.18 Å². The largest absolute Gasteiger partial charge is 0.435 e. The van der Waals surface area contributed by atoms with Crippen molar-refractivity contribution < 1.29 is 31.0 Å². The van der Waals surface area contributed by atoms with Crippen molar-refractivity contribution in [3.05, 3.63) is 81.6 Å². The molecule has 1 aliphatic rings. The maximum atomic E-state index is 15.1. The fourth-order valence-corrected chi connectivity index (χ4v) is 6.75. The fourth-order valence-electron chi connectivity index (χ4n) is 5.24. The van der Waals surface area contributed by atoms with Crippen LogP contribution in [-0.4, -0.2) is 55.6 Å². The number of aromatic nitrogens is 2. The number of nitrogens with one attached hydrogen (secondary N) is 2. The lowest BCUT2D eigenvalue weighted by Crippen LogP contribution is -2.52. The fraction of sp³-hybridized carbons (Fsp3) is 0.448. The van der Waals surface area contributed by atoms with Gasteiger partial charge in [0.2, 0.25) is 5.91 Å². The van der Waals surface area contributed by atoms with Crippen molar-refractivity contribution in [1.82, 2.24) is 19.4 Å². The van der Waals surface area contributed by atoms with E-state index in [0.29, 0.717) is 31.8 Å². The van der Waals surface area contributed by atoms with Gasteiger partial charge in [-0.15, -0.1) is 0 Å². The van der Waals surface area contributed by atoms with Crippen molar-refractivity contribution in [2.24, 2.45) is 7.05 Å². The molecule has 3 atom stereocenters. The van der Waals surface area contributed by atoms with Crippen molar-refractivity contribution in [3.63, 3.8) is 0 Å². The highest BCUT2D eigenvalue weighted by molar-refractivity contribution is 7.82. The maximum Gasteiger partial charge on any atom is 0.435 e. The molecule has 0 aliphatic carbocycles. The van der Waals surface area contributed by atoms with Gasteiger partial charge in [-0.1, -0.05) is 30.7 Å². The van der Waals surface area contributed by atoms with E-state index in [0.717, 1.165) is 23.2 Å². The summed E-state index contributed by atoms with van der Waals surface area (Å²) in [6, 6.07) is 8.77. The molecule has 7 nitrogen and oxygen atoms in total. The monoisotopic (exact) mass is 645 g/mol. The average molecular weight is 646 g/mol. The first-order chi connectivity index (χ1) is 20.4. The van der Waals surface area contributed by atoms with Crippen LogP contribution in [0.15, 0.2) is 42.5 Å². The van der Waals surface area contributed by atoms with Crippen molar-refractivity contribution in [3.8, 4) is 0 Å². The highest BCUT2D eigenvalue weighted by Crippen LogP contribution is 2.35. The predicted octanol–water partition coefficient (Wildman–Crippen LogP) is 5.81. The number of aryl methyl sites for hydroxylation is 1. The summed E-state index contributed by atoms with van der Waals surface area (Å²) < 4.78 is 85.4. The zero-order valence-corrected chi connectivity index (χ0v) is 25.3. The van der Waals surface area contributed by atoms with Gasteiger partial charge in [-0.05, 0) is 55.2 Å². The zero-order valence-electron chi connectivity index (χ0n) is 23.7. The summed E-state index contributed by atoms with van der Waals surface area (Å²) in [7, 11) is 0.160. The Kier molecular flexibility index (Phi) is 11.0. The maximum absolute atomic E-state index is 15.1. The Balaban J connectivity index is 1.57. The summed E-state index contributed by atoms with van der Waals surface area (Å²) >= 11 is 5.82. The zero-order chi connectivity index (χ0) is 31.3. The van der Waals surface area contributed by atoms with Gasteiger partial charge in [0.15, 0.2) is 5.69 Å². The minimum absolute atomic E-state index is 0.0358. The molecule has 0 bridgehead atoms. The standard InChI is InChI=1S/C29H33ClF5N5O2S/c1-3-13-43(42)40-12-11-36-17-19(40)8-9-20-23(31)5-4-6-25(20)37-28(41)15-21(18-7-10-22(30)24(32)14-18)26-16-27(29(33,34)35)38-39(26)2/h4-7,10,14,16,19,21,36H,3,8-9,11-13,15,17H2,1-2H3,(H,37,41). The van der Waals surface area contributed by atoms with Crippen LogP contribution >= 0.6 is 11.6 Å². The Morgan fingerprint density at radius 1 is 1.21 bits per heavy atom. The molecule has 1 amide bonds. The molecule has 234 valence electrons. The van der Waals surface area contributed by atoms with Gasteiger partial charge in [0, 0.05) is 67.8 Å². The van der Waals surface area contributed by atoms with Crippen molar-refractivity contribution in [2.75, 3.05) is 30.7 Å². The van der Waals surface area contributed by atoms with Crippen LogP contribution < -0.4 is 10.6 Å². The summed E-state index contributed by atoms with van der Waals surface area (Å²) in [5.74, 6) is -2.42. The first-order valence-electron chi connectivity index (χ1n) is 13.9. The van der Waals surface area contributed by atoms with E-state index in [-0.39, 0.29) is 46.4 Å². The highest BCUT2D eigenvalue weighted by atomic mass is 35.5. The Hall–Kier alpha value is -2.87. The summed E-state index contributed by atoms with van der Waals surface area (Å²) in [6.45, 7) is 3.86. The minimum Gasteiger partial charge on any atom is -0.326 e. The Labute approximate surface area is 254 Å². The molecule has 0 saturated carbocycles. The highest BCUT2D eigenvalue weighted by Gasteiger charge is 2.36. The van der Waals surface area contributed by atoms with E-state index < -0.39 is 46.3 Å². The Morgan fingerprint density at radius 3 is 2.65 bits per heavy atom. The molecule has 2 aromatic carbocycles. The van der Waals surface area contributed by atoms with Crippen LogP contribution in [0, 0.1) is 11.6 Å². The normalized spacial score (nSPS) is 17.5. The van der Waals surface area contributed by atoms with Crippen molar-refractivity contribution >= 4 is 34.2 Å². The molecular formula is C29H33ClF5N5O2S. The van der Waals surface area contributed by atoms with Crippen LogP contribution in [0.25, 0.3) is 0 Å².